The number of amides is 1. The average molecular weight is 428 g/mol. The summed E-state index contributed by atoms with van der Waals surface area (Å²) in [5.74, 6) is 0.723. The molecule has 1 amide bonds. The van der Waals surface area contributed by atoms with Gasteiger partial charge in [0.25, 0.3) is 5.91 Å². The summed E-state index contributed by atoms with van der Waals surface area (Å²) in [7, 11) is 0. The molecule has 0 unspecified atom stereocenters. The maximum Gasteiger partial charge on any atom is 0.277 e. The number of ether oxygens (including phenoxy) is 1. The first-order chi connectivity index (χ1) is 14.2. The normalized spacial score (nSPS) is 17.8. The molecule has 1 N–H and O–H groups in total. The molecule has 1 heterocycles. The molecular formula is C24H30ClN3O2. The van der Waals surface area contributed by atoms with Crippen molar-refractivity contribution in [3.8, 4) is 5.75 Å². The molecule has 30 heavy (non-hydrogen) atoms. The summed E-state index contributed by atoms with van der Waals surface area (Å²) in [6.07, 6.45) is 2.77. The zero-order valence-electron chi connectivity index (χ0n) is 18.3. The number of hydrogen-bond acceptors (Lipinski definition) is 4. The lowest BCUT2D eigenvalue weighted by atomic mass is 9.79. The standard InChI is InChI=1S/C24H30ClN3O2/c1-16(2)28-22-11-6-18(12-21(22)17(3)13-24(28,4)5)14-26-27-23(29)15-30-20-9-7-19(25)8-10-20/h6-12,14,16-17H,13,15H2,1-5H3,(H,27,29)/b26-14-/t17-/m1/s1. The molecule has 2 aromatic carbocycles. The molecule has 0 radical (unpaired) electrons. The lowest BCUT2D eigenvalue weighted by molar-refractivity contribution is -0.123. The first-order valence-electron chi connectivity index (χ1n) is 10.3. The number of carbonyl (C=O) groups excluding carboxylic acids is 1. The predicted octanol–water partition coefficient (Wildman–Crippen LogP) is 5.37. The second kappa shape index (κ2) is 9.09. The van der Waals surface area contributed by atoms with Crippen LogP contribution in [0.25, 0.3) is 0 Å². The topological polar surface area (TPSA) is 53.9 Å². The summed E-state index contributed by atoms with van der Waals surface area (Å²) in [6.45, 7) is 11.2. The molecule has 1 aliphatic heterocycles. The lowest BCUT2D eigenvalue weighted by Gasteiger charge is -2.50. The van der Waals surface area contributed by atoms with Crippen LogP contribution in [0.15, 0.2) is 47.6 Å². The maximum atomic E-state index is 12.0. The first-order valence-corrected chi connectivity index (χ1v) is 10.7. The largest absolute Gasteiger partial charge is 0.484 e. The zero-order valence-corrected chi connectivity index (χ0v) is 19.0. The monoisotopic (exact) mass is 427 g/mol. The molecule has 1 atom stereocenters. The second-order valence-corrected chi connectivity index (χ2v) is 9.17. The van der Waals surface area contributed by atoms with Crippen LogP contribution in [0.3, 0.4) is 0 Å². The Balaban J connectivity index is 1.63. The third kappa shape index (κ3) is 5.14. The SMILES string of the molecule is CC(C)N1c2ccc(/C=N\NC(=O)COc3ccc(Cl)cc3)cc2[C@H](C)CC1(C)C. The van der Waals surface area contributed by atoms with Crippen molar-refractivity contribution in [2.24, 2.45) is 5.10 Å². The van der Waals surface area contributed by atoms with E-state index in [2.05, 4.69) is 62.2 Å². The zero-order chi connectivity index (χ0) is 21.9. The Labute approximate surface area is 184 Å². The summed E-state index contributed by atoms with van der Waals surface area (Å²) in [5.41, 5.74) is 6.20. The minimum atomic E-state index is -0.319. The Morgan fingerprint density at radius 2 is 2.00 bits per heavy atom. The number of fused-ring (bicyclic) bond motifs is 1. The average Bonchev–Trinajstić information content (AvgIpc) is 2.67. The molecule has 0 spiro atoms. The van der Waals surface area contributed by atoms with Crippen molar-refractivity contribution in [2.75, 3.05) is 11.5 Å². The number of nitrogens with zero attached hydrogens (tertiary/aromatic N) is 2. The number of anilines is 1. The van der Waals surface area contributed by atoms with Crippen molar-refractivity contribution in [2.45, 2.75) is 58.5 Å². The van der Waals surface area contributed by atoms with E-state index >= 15 is 0 Å². The molecule has 0 bridgehead atoms. The number of carbonyl (C=O) groups is 1. The van der Waals surface area contributed by atoms with Gasteiger partial charge in [-0.1, -0.05) is 24.6 Å². The van der Waals surface area contributed by atoms with Crippen molar-refractivity contribution in [3.63, 3.8) is 0 Å². The fourth-order valence-corrected chi connectivity index (χ4v) is 4.54. The highest BCUT2D eigenvalue weighted by Gasteiger charge is 2.37. The molecule has 0 saturated carbocycles. The van der Waals surface area contributed by atoms with E-state index in [0.29, 0.717) is 22.7 Å². The van der Waals surface area contributed by atoms with E-state index in [4.69, 9.17) is 16.3 Å². The number of hydrogen-bond donors (Lipinski definition) is 1. The lowest BCUT2D eigenvalue weighted by Crippen LogP contribution is -2.51. The van der Waals surface area contributed by atoms with Crippen LogP contribution < -0.4 is 15.1 Å². The van der Waals surface area contributed by atoms with E-state index in [9.17, 15) is 4.79 Å². The van der Waals surface area contributed by atoms with Crippen molar-refractivity contribution < 1.29 is 9.53 Å². The fourth-order valence-electron chi connectivity index (χ4n) is 4.42. The summed E-state index contributed by atoms with van der Waals surface area (Å²) in [4.78, 5) is 14.5. The summed E-state index contributed by atoms with van der Waals surface area (Å²) in [6, 6.07) is 13.7. The molecule has 5 nitrogen and oxygen atoms in total. The summed E-state index contributed by atoms with van der Waals surface area (Å²) >= 11 is 5.83. The van der Waals surface area contributed by atoms with E-state index in [0.717, 1.165) is 12.0 Å². The van der Waals surface area contributed by atoms with E-state index in [1.165, 1.54) is 11.3 Å². The van der Waals surface area contributed by atoms with Crippen LogP contribution >= 0.6 is 11.6 Å². The van der Waals surface area contributed by atoms with Crippen LogP contribution in [-0.2, 0) is 4.79 Å². The van der Waals surface area contributed by atoms with E-state index in [1.54, 1.807) is 30.5 Å². The highest BCUT2D eigenvalue weighted by atomic mass is 35.5. The van der Waals surface area contributed by atoms with Crippen molar-refractivity contribution in [3.05, 3.63) is 58.6 Å². The third-order valence-electron chi connectivity index (χ3n) is 5.40. The molecule has 3 rings (SSSR count). The Hall–Kier alpha value is -2.53. The Bertz CT molecular complexity index is 923. The number of halogens is 1. The molecule has 0 aromatic heterocycles. The number of nitrogens with one attached hydrogen (secondary N) is 1. The third-order valence-corrected chi connectivity index (χ3v) is 5.65. The van der Waals surface area contributed by atoms with E-state index < -0.39 is 0 Å². The number of hydrazone groups is 1. The van der Waals surface area contributed by atoms with Gasteiger partial charge in [0.2, 0.25) is 0 Å². The highest BCUT2D eigenvalue weighted by Crippen LogP contribution is 2.44. The molecule has 0 aliphatic carbocycles. The van der Waals surface area contributed by atoms with Crippen LogP contribution in [0.2, 0.25) is 5.02 Å². The van der Waals surface area contributed by atoms with Gasteiger partial charge in [0, 0.05) is 22.3 Å². The van der Waals surface area contributed by atoms with Crippen LogP contribution in [-0.4, -0.2) is 30.3 Å². The minimum Gasteiger partial charge on any atom is -0.484 e. The van der Waals surface area contributed by atoms with Crippen LogP contribution in [0.1, 0.15) is 58.1 Å². The van der Waals surface area contributed by atoms with Gasteiger partial charge < -0.3 is 9.64 Å². The molecule has 2 aromatic rings. The van der Waals surface area contributed by atoms with Crippen molar-refractivity contribution in [1.29, 1.82) is 0 Å². The van der Waals surface area contributed by atoms with E-state index in [-0.39, 0.29) is 18.1 Å². The Morgan fingerprint density at radius 3 is 2.67 bits per heavy atom. The van der Waals surface area contributed by atoms with Gasteiger partial charge in [0.1, 0.15) is 5.75 Å². The molecule has 0 fully saturated rings. The minimum absolute atomic E-state index is 0.112. The van der Waals surface area contributed by atoms with Gasteiger partial charge in [0.15, 0.2) is 6.61 Å². The van der Waals surface area contributed by atoms with Gasteiger partial charge in [-0.3, -0.25) is 4.79 Å². The first kappa shape index (κ1) is 22.2. The van der Waals surface area contributed by atoms with Gasteiger partial charge in [0.05, 0.1) is 6.21 Å². The molecule has 1 aliphatic rings. The van der Waals surface area contributed by atoms with Crippen LogP contribution in [0.5, 0.6) is 5.75 Å². The quantitative estimate of drug-likeness (QED) is 0.498. The van der Waals surface area contributed by atoms with Crippen molar-refractivity contribution >= 4 is 29.4 Å². The van der Waals surface area contributed by atoms with E-state index in [1.807, 2.05) is 6.07 Å². The van der Waals surface area contributed by atoms with Gasteiger partial charge in [-0.05, 0) is 87.6 Å². The molecule has 6 heteroatoms. The van der Waals surface area contributed by atoms with Crippen molar-refractivity contribution in [1.82, 2.24) is 5.43 Å². The molecule has 0 saturated heterocycles. The second-order valence-electron chi connectivity index (χ2n) is 8.74. The summed E-state index contributed by atoms with van der Waals surface area (Å²) < 4.78 is 5.42. The van der Waals surface area contributed by atoms with Gasteiger partial charge in [-0.2, -0.15) is 5.10 Å². The Kier molecular flexibility index (Phi) is 6.71. The highest BCUT2D eigenvalue weighted by molar-refractivity contribution is 6.30. The predicted molar refractivity (Wildman–Crippen MR) is 124 cm³/mol. The number of rotatable bonds is 6. The maximum absolute atomic E-state index is 12.0. The molecule has 160 valence electrons. The van der Waals surface area contributed by atoms with Gasteiger partial charge >= 0.3 is 0 Å². The van der Waals surface area contributed by atoms with Crippen LogP contribution in [0.4, 0.5) is 5.69 Å². The van der Waals surface area contributed by atoms with Crippen LogP contribution in [0, 0.1) is 0 Å². The number of benzene rings is 2. The van der Waals surface area contributed by atoms with Gasteiger partial charge in [-0.25, -0.2) is 5.43 Å². The smallest absolute Gasteiger partial charge is 0.277 e. The van der Waals surface area contributed by atoms with Gasteiger partial charge in [-0.15, -0.1) is 0 Å². The molecular weight excluding hydrogens is 398 g/mol. The Morgan fingerprint density at radius 1 is 1.30 bits per heavy atom. The summed E-state index contributed by atoms with van der Waals surface area (Å²) in [5, 5.41) is 4.71. The fraction of sp³-hybridized carbons (Fsp3) is 0.417.